The quantitative estimate of drug-likeness (QED) is 0.478. The lowest BCUT2D eigenvalue weighted by Crippen LogP contribution is -2.31. The van der Waals surface area contributed by atoms with Gasteiger partial charge in [-0.05, 0) is 44.5 Å². The van der Waals surface area contributed by atoms with Crippen molar-refractivity contribution in [1.82, 2.24) is 15.1 Å². The molecule has 0 radical (unpaired) electrons. The van der Waals surface area contributed by atoms with Crippen molar-refractivity contribution in [3.8, 4) is 22.6 Å². The number of rotatable bonds is 3. The van der Waals surface area contributed by atoms with Gasteiger partial charge in [0.25, 0.3) is 0 Å². The number of aromatic nitrogens is 3. The molecular formula is C24H21FN4O. The summed E-state index contributed by atoms with van der Waals surface area (Å²) < 4.78 is 18.9. The first-order chi connectivity index (χ1) is 14.6. The van der Waals surface area contributed by atoms with Gasteiger partial charge in [-0.3, -0.25) is 0 Å². The molecule has 2 aromatic carbocycles. The van der Waals surface area contributed by atoms with Crippen LogP contribution < -0.4 is 4.90 Å². The summed E-state index contributed by atoms with van der Waals surface area (Å²) in [5.41, 5.74) is 6.03. The Labute approximate surface area is 174 Å². The Bertz CT molecular complexity index is 1200. The van der Waals surface area contributed by atoms with Gasteiger partial charge in [0.05, 0.1) is 12.2 Å². The van der Waals surface area contributed by atoms with Crippen molar-refractivity contribution in [2.24, 2.45) is 0 Å². The van der Waals surface area contributed by atoms with E-state index in [4.69, 9.17) is 4.52 Å². The van der Waals surface area contributed by atoms with Gasteiger partial charge in [0.1, 0.15) is 23.2 Å². The molecule has 0 amide bonds. The summed E-state index contributed by atoms with van der Waals surface area (Å²) in [6.07, 6.45) is 0.786. The minimum absolute atomic E-state index is 0.262. The van der Waals surface area contributed by atoms with Gasteiger partial charge < -0.3 is 9.42 Å². The molecule has 0 fully saturated rings. The van der Waals surface area contributed by atoms with E-state index in [1.807, 2.05) is 13.0 Å². The van der Waals surface area contributed by atoms with E-state index in [1.54, 1.807) is 12.1 Å². The molecule has 0 bridgehead atoms. The maximum atomic E-state index is 13.2. The molecule has 30 heavy (non-hydrogen) atoms. The normalized spacial score (nSPS) is 13.4. The van der Waals surface area contributed by atoms with Gasteiger partial charge >= 0.3 is 0 Å². The van der Waals surface area contributed by atoms with Gasteiger partial charge in [0.2, 0.25) is 0 Å². The number of hydrogen-bond acceptors (Lipinski definition) is 5. The van der Waals surface area contributed by atoms with Crippen LogP contribution in [0, 0.1) is 19.7 Å². The van der Waals surface area contributed by atoms with Crippen LogP contribution in [0.3, 0.4) is 0 Å². The second kappa shape index (κ2) is 7.37. The molecule has 0 saturated heterocycles. The van der Waals surface area contributed by atoms with Crippen LogP contribution >= 0.6 is 0 Å². The maximum Gasteiger partial charge on any atom is 0.170 e. The monoisotopic (exact) mass is 400 g/mol. The number of fused-ring (bicyclic) bond motifs is 1. The minimum atomic E-state index is -0.262. The van der Waals surface area contributed by atoms with E-state index in [0.29, 0.717) is 6.54 Å². The van der Waals surface area contributed by atoms with Crippen LogP contribution in [-0.4, -0.2) is 21.7 Å². The summed E-state index contributed by atoms with van der Waals surface area (Å²) in [5.74, 6) is 2.08. The van der Waals surface area contributed by atoms with Crippen LogP contribution in [0.25, 0.3) is 22.6 Å². The van der Waals surface area contributed by atoms with Crippen molar-refractivity contribution < 1.29 is 8.91 Å². The van der Waals surface area contributed by atoms with Crippen LogP contribution in [-0.2, 0) is 13.0 Å². The second-order valence-electron chi connectivity index (χ2n) is 7.64. The third kappa shape index (κ3) is 3.45. The fourth-order valence-electron chi connectivity index (χ4n) is 3.84. The smallest absolute Gasteiger partial charge is 0.170 e. The van der Waals surface area contributed by atoms with Crippen LogP contribution in [0.5, 0.6) is 0 Å². The van der Waals surface area contributed by atoms with Crippen molar-refractivity contribution in [1.29, 1.82) is 0 Å². The first-order valence-corrected chi connectivity index (χ1v) is 9.98. The van der Waals surface area contributed by atoms with E-state index in [2.05, 4.69) is 51.2 Å². The Balaban J connectivity index is 1.44. The Morgan fingerprint density at radius 2 is 1.67 bits per heavy atom. The molecule has 5 rings (SSSR count). The van der Waals surface area contributed by atoms with Gasteiger partial charge in [-0.1, -0.05) is 35.0 Å². The summed E-state index contributed by atoms with van der Waals surface area (Å²) in [6, 6.07) is 16.7. The van der Waals surface area contributed by atoms with Crippen LogP contribution in [0.4, 0.5) is 10.2 Å². The lowest BCUT2D eigenvalue weighted by Gasteiger charge is -2.27. The highest BCUT2D eigenvalue weighted by molar-refractivity contribution is 5.65. The summed E-state index contributed by atoms with van der Waals surface area (Å²) in [4.78, 5) is 11.5. The first kappa shape index (κ1) is 18.5. The largest absolute Gasteiger partial charge is 0.356 e. The Hall–Kier alpha value is -3.54. The Morgan fingerprint density at radius 3 is 2.43 bits per heavy atom. The third-order valence-electron chi connectivity index (χ3n) is 5.44. The molecule has 0 atom stereocenters. The zero-order valence-corrected chi connectivity index (χ0v) is 16.9. The lowest BCUT2D eigenvalue weighted by atomic mass is 10.0. The van der Waals surface area contributed by atoms with Crippen LogP contribution in [0.15, 0.2) is 59.1 Å². The topological polar surface area (TPSA) is 55.1 Å². The number of benzene rings is 2. The molecule has 0 spiro atoms. The molecule has 3 heterocycles. The summed E-state index contributed by atoms with van der Waals surface area (Å²) in [5, 5.41) is 4.29. The lowest BCUT2D eigenvalue weighted by molar-refractivity contribution is 0.423. The van der Waals surface area contributed by atoms with Crippen molar-refractivity contribution >= 4 is 5.82 Å². The van der Waals surface area contributed by atoms with Crippen LogP contribution in [0.2, 0.25) is 0 Å². The van der Waals surface area contributed by atoms with Gasteiger partial charge in [0, 0.05) is 29.3 Å². The molecular weight excluding hydrogens is 379 g/mol. The van der Waals surface area contributed by atoms with E-state index < -0.39 is 0 Å². The second-order valence-corrected chi connectivity index (χ2v) is 7.64. The number of hydrogen-bond donors (Lipinski definition) is 0. The van der Waals surface area contributed by atoms with Gasteiger partial charge in [-0.2, -0.15) is 0 Å². The van der Waals surface area contributed by atoms with Crippen molar-refractivity contribution in [3.63, 3.8) is 0 Å². The Kier molecular flexibility index (Phi) is 4.54. The van der Waals surface area contributed by atoms with Crippen molar-refractivity contribution in [2.75, 3.05) is 11.4 Å². The molecule has 6 heteroatoms. The summed E-state index contributed by atoms with van der Waals surface area (Å²) >= 11 is 0. The third-order valence-corrected chi connectivity index (χ3v) is 5.44. The number of halogens is 1. The van der Waals surface area contributed by atoms with E-state index in [9.17, 15) is 4.39 Å². The Morgan fingerprint density at radius 1 is 0.933 bits per heavy atom. The van der Waals surface area contributed by atoms with E-state index in [-0.39, 0.29) is 5.82 Å². The predicted molar refractivity (Wildman–Crippen MR) is 114 cm³/mol. The molecule has 0 aliphatic carbocycles. The standard InChI is InChI=1S/C24H21FN4O/c1-15-3-5-17(6-4-15)21-13-23(27-16(2)26-21)29-12-11-20-22(14-29)28-30-24(20)18-7-9-19(25)10-8-18/h3-10,13H,11-12,14H2,1-2H3. The van der Waals surface area contributed by atoms with E-state index >= 15 is 0 Å². The van der Waals surface area contributed by atoms with Crippen molar-refractivity contribution in [3.05, 3.63) is 83.1 Å². The highest BCUT2D eigenvalue weighted by atomic mass is 19.1. The zero-order valence-electron chi connectivity index (χ0n) is 16.9. The van der Waals surface area contributed by atoms with Gasteiger partial charge in [-0.25, -0.2) is 14.4 Å². The molecule has 4 aromatic rings. The number of anilines is 1. The fraction of sp³-hybridized carbons (Fsp3) is 0.208. The maximum absolute atomic E-state index is 13.2. The van der Waals surface area contributed by atoms with Gasteiger partial charge in [-0.15, -0.1) is 0 Å². The van der Waals surface area contributed by atoms with E-state index in [0.717, 1.165) is 58.4 Å². The molecule has 5 nitrogen and oxygen atoms in total. The predicted octanol–water partition coefficient (Wildman–Crippen LogP) is 5.12. The highest BCUT2D eigenvalue weighted by Crippen LogP contribution is 2.32. The molecule has 2 aromatic heterocycles. The number of nitrogens with zero attached hydrogens (tertiary/aromatic N) is 4. The minimum Gasteiger partial charge on any atom is -0.356 e. The molecule has 1 aliphatic heterocycles. The molecule has 1 aliphatic rings. The summed E-state index contributed by atoms with van der Waals surface area (Å²) in [6.45, 7) is 5.40. The molecule has 0 unspecified atom stereocenters. The van der Waals surface area contributed by atoms with Crippen LogP contribution in [0.1, 0.15) is 22.6 Å². The fourth-order valence-corrected chi connectivity index (χ4v) is 3.84. The summed E-state index contributed by atoms with van der Waals surface area (Å²) in [7, 11) is 0. The molecule has 150 valence electrons. The van der Waals surface area contributed by atoms with Crippen molar-refractivity contribution in [2.45, 2.75) is 26.8 Å². The molecule has 0 N–H and O–H groups in total. The average Bonchev–Trinajstić information content (AvgIpc) is 3.17. The first-order valence-electron chi connectivity index (χ1n) is 9.98. The average molecular weight is 400 g/mol. The number of aryl methyl sites for hydroxylation is 2. The van der Waals surface area contributed by atoms with Gasteiger partial charge in [0.15, 0.2) is 5.76 Å². The van der Waals surface area contributed by atoms with E-state index in [1.165, 1.54) is 17.7 Å². The highest BCUT2D eigenvalue weighted by Gasteiger charge is 2.26. The molecule has 0 saturated carbocycles. The zero-order chi connectivity index (χ0) is 20.7. The SMILES string of the molecule is Cc1ccc(-c2cc(N3CCc4c(noc4-c4ccc(F)cc4)C3)nc(C)n2)cc1.